The summed E-state index contributed by atoms with van der Waals surface area (Å²) in [6.07, 6.45) is 2.15. The monoisotopic (exact) mass is 253 g/mol. The second kappa shape index (κ2) is 5.74. The van der Waals surface area contributed by atoms with Crippen LogP contribution < -0.4 is 10.6 Å². The van der Waals surface area contributed by atoms with Gasteiger partial charge in [0.2, 0.25) is 0 Å². The fourth-order valence-electron chi connectivity index (χ4n) is 2.48. The fourth-order valence-corrected chi connectivity index (χ4v) is 2.48. The molecule has 0 atom stereocenters. The van der Waals surface area contributed by atoms with Crippen LogP contribution in [0.4, 0.5) is 0 Å². The van der Waals surface area contributed by atoms with E-state index in [0.29, 0.717) is 0 Å². The van der Waals surface area contributed by atoms with E-state index in [1.165, 1.54) is 16.3 Å². The molecule has 98 valence electrons. The van der Waals surface area contributed by atoms with E-state index in [1.807, 2.05) is 0 Å². The molecule has 2 N–H and O–H groups in total. The van der Waals surface area contributed by atoms with E-state index < -0.39 is 0 Å². The van der Waals surface area contributed by atoms with Gasteiger partial charge in [0.15, 0.2) is 5.96 Å². The molecule has 0 saturated heterocycles. The van der Waals surface area contributed by atoms with Gasteiger partial charge in [-0.05, 0) is 29.2 Å². The van der Waals surface area contributed by atoms with E-state index in [9.17, 15) is 0 Å². The highest BCUT2D eigenvalue weighted by Gasteiger charge is 2.04. The molecule has 0 unspecified atom stereocenters. The average Bonchev–Trinajstić information content (AvgIpc) is 2.49. The Balaban J connectivity index is 1.66. The van der Waals surface area contributed by atoms with Gasteiger partial charge in [-0.2, -0.15) is 0 Å². The Labute approximate surface area is 113 Å². The zero-order valence-electron chi connectivity index (χ0n) is 11.0. The molecule has 0 aromatic heterocycles. The molecule has 3 rings (SSSR count). The number of benzene rings is 2. The Morgan fingerprint density at radius 2 is 2.00 bits per heavy atom. The van der Waals surface area contributed by atoms with Gasteiger partial charge in [-0.15, -0.1) is 0 Å². The van der Waals surface area contributed by atoms with Gasteiger partial charge in [-0.3, -0.25) is 4.99 Å². The smallest absolute Gasteiger partial charge is 0.191 e. The third-order valence-electron chi connectivity index (χ3n) is 3.46. The molecule has 0 fully saturated rings. The predicted molar refractivity (Wildman–Crippen MR) is 80.6 cm³/mol. The van der Waals surface area contributed by atoms with Gasteiger partial charge in [-0.25, -0.2) is 0 Å². The maximum Gasteiger partial charge on any atom is 0.191 e. The molecule has 0 spiro atoms. The van der Waals surface area contributed by atoms with Crippen LogP contribution in [0.5, 0.6) is 0 Å². The van der Waals surface area contributed by atoms with Gasteiger partial charge in [0.1, 0.15) is 0 Å². The highest BCUT2D eigenvalue weighted by molar-refractivity contribution is 5.85. The van der Waals surface area contributed by atoms with Crippen LogP contribution in [0, 0.1) is 0 Å². The van der Waals surface area contributed by atoms with Crippen molar-refractivity contribution in [3.8, 4) is 0 Å². The first kappa shape index (κ1) is 12.0. The summed E-state index contributed by atoms with van der Waals surface area (Å²) in [6, 6.07) is 15.1. The number of guanidine groups is 1. The van der Waals surface area contributed by atoms with Crippen LogP contribution in [-0.2, 0) is 6.42 Å². The quantitative estimate of drug-likeness (QED) is 0.880. The van der Waals surface area contributed by atoms with Crippen molar-refractivity contribution < 1.29 is 0 Å². The number of nitrogens with one attached hydrogen (secondary N) is 2. The first-order chi connectivity index (χ1) is 9.43. The highest BCUT2D eigenvalue weighted by atomic mass is 15.2. The Bertz CT molecular complexity index is 584. The fraction of sp³-hybridized carbons (Fsp3) is 0.312. The van der Waals surface area contributed by atoms with Gasteiger partial charge in [0, 0.05) is 19.6 Å². The van der Waals surface area contributed by atoms with Gasteiger partial charge in [0.05, 0.1) is 0 Å². The zero-order chi connectivity index (χ0) is 12.9. The minimum Gasteiger partial charge on any atom is -0.356 e. The summed E-state index contributed by atoms with van der Waals surface area (Å²) in [5, 5.41) is 9.32. The summed E-state index contributed by atoms with van der Waals surface area (Å²) in [5.41, 5.74) is 1.39. The number of rotatable bonds is 3. The summed E-state index contributed by atoms with van der Waals surface area (Å²) in [7, 11) is 0. The molecule has 19 heavy (non-hydrogen) atoms. The maximum absolute atomic E-state index is 4.42. The zero-order valence-corrected chi connectivity index (χ0v) is 11.0. The Morgan fingerprint density at radius 3 is 2.89 bits per heavy atom. The second-order valence-electron chi connectivity index (χ2n) is 4.83. The molecule has 0 amide bonds. The van der Waals surface area contributed by atoms with E-state index >= 15 is 0 Å². The standard InChI is InChI=1S/C16H19N3/c1-2-8-15-13(5-1)6-3-7-14(15)9-12-19-16-17-10-4-11-18-16/h1-3,5-8H,4,9-12H2,(H2,17,18,19). The molecule has 0 aliphatic carbocycles. The number of aliphatic imine (C=N–C) groups is 1. The topological polar surface area (TPSA) is 36.4 Å². The van der Waals surface area contributed by atoms with Crippen LogP contribution in [0.1, 0.15) is 12.0 Å². The summed E-state index contributed by atoms with van der Waals surface area (Å²) < 4.78 is 0. The third kappa shape index (κ3) is 2.87. The first-order valence-corrected chi connectivity index (χ1v) is 6.92. The summed E-state index contributed by atoms with van der Waals surface area (Å²) in [6.45, 7) is 2.88. The van der Waals surface area contributed by atoms with Crippen LogP contribution in [0.15, 0.2) is 47.5 Å². The first-order valence-electron chi connectivity index (χ1n) is 6.92. The van der Waals surface area contributed by atoms with Gasteiger partial charge < -0.3 is 10.6 Å². The minimum atomic E-state index is 0.917. The Kier molecular flexibility index (Phi) is 3.63. The molecule has 1 aliphatic heterocycles. The van der Waals surface area contributed by atoms with Crippen molar-refractivity contribution >= 4 is 16.7 Å². The van der Waals surface area contributed by atoms with Gasteiger partial charge in [0.25, 0.3) is 0 Å². The van der Waals surface area contributed by atoms with Crippen molar-refractivity contribution in [1.29, 1.82) is 0 Å². The average molecular weight is 253 g/mol. The lowest BCUT2D eigenvalue weighted by molar-refractivity contribution is 0.700. The van der Waals surface area contributed by atoms with Crippen LogP contribution >= 0.6 is 0 Å². The number of hydrogen-bond acceptors (Lipinski definition) is 3. The van der Waals surface area contributed by atoms with Gasteiger partial charge >= 0.3 is 0 Å². The lowest BCUT2D eigenvalue weighted by Gasteiger charge is -2.16. The summed E-state index contributed by atoms with van der Waals surface area (Å²) >= 11 is 0. The van der Waals surface area contributed by atoms with Crippen molar-refractivity contribution in [3.63, 3.8) is 0 Å². The van der Waals surface area contributed by atoms with E-state index in [1.54, 1.807) is 0 Å². The van der Waals surface area contributed by atoms with Crippen LogP contribution in [-0.4, -0.2) is 25.6 Å². The lowest BCUT2D eigenvalue weighted by atomic mass is 10.0. The summed E-state index contributed by atoms with van der Waals surface area (Å²) in [4.78, 5) is 4.42. The third-order valence-corrected chi connectivity index (χ3v) is 3.46. The molecule has 0 bridgehead atoms. The minimum absolute atomic E-state index is 0.917. The van der Waals surface area contributed by atoms with Crippen molar-refractivity contribution in [2.75, 3.05) is 19.6 Å². The molecule has 3 heteroatoms. The molecular weight excluding hydrogens is 234 g/mol. The molecular formula is C16H19N3. The number of nitrogens with zero attached hydrogens (tertiary/aromatic N) is 1. The molecule has 2 aromatic rings. The molecule has 2 aromatic carbocycles. The molecule has 1 heterocycles. The molecule has 0 saturated carbocycles. The Morgan fingerprint density at radius 1 is 1.11 bits per heavy atom. The van der Waals surface area contributed by atoms with E-state index in [0.717, 1.165) is 38.4 Å². The number of hydrogen-bond donors (Lipinski definition) is 2. The van der Waals surface area contributed by atoms with Crippen LogP contribution in [0.3, 0.4) is 0 Å². The maximum atomic E-state index is 4.42. The predicted octanol–water partition coefficient (Wildman–Crippen LogP) is 2.32. The van der Waals surface area contributed by atoms with E-state index in [-0.39, 0.29) is 0 Å². The van der Waals surface area contributed by atoms with E-state index in [4.69, 9.17) is 0 Å². The second-order valence-corrected chi connectivity index (χ2v) is 4.83. The van der Waals surface area contributed by atoms with Crippen molar-refractivity contribution in [2.45, 2.75) is 12.8 Å². The van der Waals surface area contributed by atoms with Crippen LogP contribution in [0.25, 0.3) is 10.8 Å². The van der Waals surface area contributed by atoms with E-state index in [2.05, 4.69) is 58.1 Å². The van der Waals surface area contributed by atoms with Crippen LogP contribution in [0.2, 0.25) is 0 Å². The highest BCUT2D eigenvalue weighted by Crippen LogP contribution is 2.18. The largest absolute Gasteiger partial charge is 0.356 e. The SMILES string of the molecule is c1ccc2c(CCNC3=NCCCN3)cccc2c1. The molecule has 1 aliphatic rings. The van der Waals surface area contributed by atoms with Crippen molar-refractivity contribution in [2.24, 2.45) is 4.99 Å². The Hall–Kier alpha value is -2.03. The summed E-state index contributed by atoms with van der Waals surface area (Å²) in [5.74, 6) is 0.950. The van der Waals surface area contributed by atoms with Crippen molar-refractivity contribution in [3.05, 3.63) is 48.0 Å². The lowest BCUT2D eigenvalue weighted by Crippen LogP contribution is -2.41. The molecule has 3 nitrogen and oxygen atoms in total. The number of fused-ring (bicyclic) bond motifs is 1. The molecule has 0 radical (unpaired) electrons. The normalized spacial score (nSPS) is 14.8. The van der Waals surface area contributed by atoms with Crippen molar-refractivity contribution in [1.82, 2.24) is 10.6 Å². The van der Waals surface area contributed by atoms with Gasteiger partial charge in [-0.1, -0.05) is 42.5 Å².